The molecule has 0 radical (unpaired) electrons. The molecule has 1 N–H and O–H groups in total. The van der Waals surface area contributed by atoms with Gasteiger partial charge in [0.1, 0.15) is 5.69 Å². The monoisotopic (exact) mass is 264 g/mol. The van der Waals surface area contributed by atoms with E-state index in [0.717, 1.165) is 19.4 Å². The van der Waals surface area contributed by atoms with Gasteiger partial charge in [-0.25, -0.2) is 0 Å². The van der Waals surface area contributed by atoms with Crippen molar-refractivity contribution in [2.75, 3.05) is 19.7 Å². The summed E-state index contributed by atoms with van der Waals surface area (Å²) < 4.78 is 1.70. The van der Waals surface area contributed by atoms with Crippen LogP contribution in [0.15, 0.2) is 12.3 Å². The van der Waals surface area contributed by atoms with Gasteiger partial charge in [-0.2, -0.15) is 0 Å². The van der Waals surface area contributed by atoms with Crippen molar-refractivity contribution in [3.05, 3.63) is 23.5 Å². The van der Waals surface area contributed by atoms with Gasteiger partial charge in [0.05, 0.1) is 0 Å². The number of carbonyl (C=O) groups excluding carboxylic acids is 2. The number of piperidine rings is 1. The zero-order valence-corrected chi connectivity index (χ0v) is 11.4. The largest absolute Gasteiger partial charge is 0.396 e. The highest BCUT2D eigenvalue weighted by atomic mass is 16.3. The Bertz CT molecular complexity index is 493. The molecule has 2 rings (SSSR count). The van der Waals surface area contributed by atoms with Crippen LogP contribution in [-0.2, 0) is 7.05 Å². The fraction of sp³-hybridized carbons (Fsp3) is 0.571. The Morgan fingerprint density at radius 2 is 2.21 bits per heavy atom. The number of aliphatic hydroxyl groups is 1. The van der Waals surface area contributed by atoms with Crippen molar-refractivity contribution in [2.24, 2.45) is 13.0 Å². The predicted octanol–water partition coefficient (Wildman–Crippen LogP) is 1.07. The number of ketones is 1. The maximum atomic E-state index is 12.4. The molecule has 0 saturated carbocycles. The van der Waals surface area contributed by atoms with E-state index in [1.807, 2.05) is 0 Å². The third-order valence-electron chi connectivity index (χ3n) is 3.69. The molecule has 19 heavy (non-hydrogen) atoms. The lowest BCUT2D eigenvalue weighted by Gasteiger charge is -2.31. The van der Waals surface area contributed by atoms with Gasteiger partial charge < -0.3 is 14.6 Å². The van der Waals surface area contributed by atoms with Crippen LogP contribution in [0.4, 0.5) is 0 Å². The number of likely N-dealkylation sites (tertiary alicyclic amines) is 1. The third kappa shape index (κ3) is 2.87. The van der Waals surface area contributed by atoms with E-state index in [2.05, 4.69) is 0 Å². The Hall–Kier alpha value is -1.62. The molecule has 1 saturated heterocycles. The number of carbonyl (C=O) groups is 2. The van der Waals surface area contributed by atoms with Gasteiger partial charge >= 0.3 is 0 Å². The van der Waals surface area contributed by atoms with Crippen molar-refractivity contribution in [3.63, 3.8) is 0 Å². The van der Waals surface area contributed by atoms with Crippen LogP contribution in [0.2, 0.25) is 0 Å². The van der Waals surface area contributed by atoms with Crippen molar-refractivity contribution in [2.45, 2.75) is 19.8 Å². The van der Waals surface area contributed by atoms with Crippen molar-refractivity contribution in [1.29, 1.82) is 0 Å². The minimum atomic E-state index is -0.0619. The molecule has 1 amide bonds. The van der Waals surface area contributed by atoms with Crippen LogP contribution < -0.4 is 0 Å². The van der Waals surface area contributed by atoms with Crippen molar-refractivity contribution >= 4 is 11.7 Å². The van der Waals surface area contributed by atoms with E-state index >= 15 is 0 Å². The molecule has 104 valence electrons. The zero-order valence-electron chi connectivity index (χ0n) is 11.4. The second-order valence-electron chi connectivity index (χ2n) is 5.22. The van der Waals surface area contributed by atoms with E-state index < -0.39 is 0 Å². The fourth-order valence-corrected chi connectivity index (χ4v) is 2.53. The van der Waals surface area contributed by atoms with Crippen LogP contribution in [0.5, 0.6) is 0 Å². The molecule has 2 heterocycles. The van der Waals surface area contributed by atoms with Gasteiger partial charge in [-0.3, -0.25) is 9.59 Å². The molecule has 1 atom stereocenters. The van der Waals surface area contributed by atoms with E-state index in [0.29, 0.717) is 17.8 Å². The Kier molecular flexibility index (Phi) is 4.04. The lowest BCUT2D eigenvalue weighted by atomic mass is 9.99. The molecule has 0 bridgehead atoms. The van der Waals surface area contributed by atoms with E-state index in [1.54, 1.807) is 28.8 Å². The van der Waals surface area contributed by atoms with Gasteiger partial charge in [-0.15, -0.1) is 0 Å². The van der Waals surface area contributed by atoms with Gasteiger partial charge in [0, 0.05) is 38.5 Å². The van der Waals surface area contributed by atoms with Gasteiger partial charge in [0.2, 0.25) is 0 Å². The number of aromatic nitrogens is 1. The standard InChI is InChI=1S/C14H20N2O3/c1-10(18)12-6-13(15(2)8-12)14(19)16-5-3-4-11(7-16)9-17/h6,8,11,17H,3-5,7,9H2,1-2H3. The molecule has 1 aromatic rings. The number of aryl methyl sites for hydroxylation is 1. The normalized spacial score (nSPS) is 19.5. The number of hydrogen-bond donors (Lipinski definition) is 1. The van der Waals surface area contributed by atoms with Crippen LogP contribution in [0.3, 0.4) is 0 Å². The molecule has 1 aliphatic heterocycles. The highest BCUT2D eigenvalue weighted by Gasteiger charge is 2.26. The van der Waals surface area contributed by atoms with Gasteiger partial charge in [0.15, 0.2) is 5.78 Å². The minimum absolute atomic E-state index is 0.0403. The number of rotatable bonds is 3. The Morgan fingerprint density at radius 3 is 2.79 bits per heavy atom. The zero-order chi connectivity index (χ0) is 14.0. The molecule has 0 aromatic carbocycles. The maximum absolute atomic E-state index is 12.4. The summed E-state index contributed by atoms with van der Waals surface area (Å²) in [6.45, 7) is 2.92. The van der Waals surface area contributed by atoms with E-state index in [9.17, 15) is 14.7 Å². The van der Waals surface area contributed by atoms with E-state index in [1.165, 1.54) is 6.92 Å². The summed E-state index contributed by atoms with van der Waals surface area (Å²) in [7, 11) is 1.77. The van der Waals surface area contributed by atoms with Crippen molar-refractivity contribution in [3.8, 4) is 0 Å². The minimum Gasteiger partial charge on any atom is -0.396 e. The van der Waals surface area contributed by atoms with Gasteiger partial charge in [-0.05, 0) is 31.7 Å². The second kappa shape index (κ2) is 5.57. The molecule has 0 aliphatic carbocycles. The second-order valence-corrected chi connectivity index (χ2v) is 5.22. The van der Waals surface area contributed by atoms with Crippen LogP contribution >= 0.6 is 0 Å². The van der Waals surface area contributed by atoms with Crippen molar-refractivity contribution in [1.82, 2.24) is 9.47 Å². The number of Topliss-reactive ketones (excluding diaryl/α,β-unsaturated/α-hetero) is 1. The molecule has 5 heteroatoms. The molecule has 1 aliphatic rings. The number of aliphatic hydroxyl groups excluding tert-OH is 1. The first-order chi connectivity index (χ1) is 9.02. The SMILES string of the molecule is CC(=O)c1cc(C(=O)N2CCCC(CO)C2)n(C)c1. The van der Waals surface area contributed by atoms with E-state index in [4.69, 9.17) is 0 Å². The molecule has 5 nitrogen and oxygen atoms in total. The average molecular weight is 264 g/mol. The topological polar surface area (TPSA) is 62.5 Å². The predicted molar refractivity (Wildman–Crippen MR) is 71.1 cm³/mol. The van der Waals surface area contributed by atoms with Gasteiger partial charge in [-0.1, -0.05) is 0 Å². The summed E-state index contributed by atoms with van der Waals surface area (Å²) in [5, 5.41) is 9.20. The quantitative estimate of drug-likeness (QED) is 0.831. The fourth-order valence-electron chi connectivity index (χ4n) is 2.53. The Balaban J connectivity index is 2.17. The number of amides is 1. The summed E-state index contributed by atoms with van der Waals surface area (Å²) in [5.74, 6) is 0.0694. The highest BCUT2D eigenvalue weighted by molar-refractivity contribution is 5.99. The molecule has 1 fully saturated rings. The van der Waals surface area contributed by atoms with E-state index in [-0.39, 0.29) is 24.2 Å². The lowest BCUT2D eigenvalue weighted by molar-refractivity contribution is 0.0611. The first-order valence-electron chi connectivity index (χ1n) is 6.60. The molecule has 1 aromatic heterocycles. The Morgan fingerprint density at radius 1 is 1.47 bits per heavy atom. The first kappa shape index (κ1) is 13.8. The molecule has 1 unspecified atom stereocenters. The van der Waals surface area contributed by atoms with Crippen LogP contribution in [0.1, 0.15) is 40.6 Å². The van der Waals surface area contributed by atoms with Crippen molar-refractivity contribution < 1.29 is 14.7 Å². The summed E-state index contributed by atoms with van der Waals surface area (Å²) in [5.41, 5.74) is 1.09. The highest BCUT2D eigenvalue weighted by Crippen LogP contribution is 2.19. The van der Waals surface area contributed by atoms with Crippen LogP contribution in [0, 0.1) is 5.92 Å². The lowest BCUT2D eigenvalue weighted by Crippen LogP contribution is -2.41. The number of nitrogens with zero attached hydrogens (tertiary/aromatic N) is 2. The van der Waals surface area contributed by atoms with Crippen LogP contribution in [-0.4, -0.2) is 46.0 Å². The Labute approximate surface area is 112 Å². The average Bonchev–Trinajstić information content (AvgIpc) is 2.80. The van der Waals surface area contributed by atoms with Gasteiger partial charge in [0.25, 0.3) is 5.91 Å². The van der Waals surface area contributed by atoms with Crippen LogP contribution in [0.25, 0.3) is 0 Å². The summed E-state index contributed by atoms with van der Waals surface area (Å²) in [6.07, 6.45) is 3.57. The third-order valence-corrected chi connectivity index (χ3v) is 3.69. The smallest absolute Gasteiger partial charge is 0.270 e. The summed E-state index contributed by atoms with van der Waals surface area (Å²) >= 11 is 0. The molecule has 0 spiro atoms. The molecular weight excluding hydrogens is 244 g/mol. The summed E-state index contributed by atoms with van der Waals surface area (Å²) in [6, 6.07) is 1.65. The molecular formula is C14H20N2O3. The maximum Gasteiger partial charge on any atom is 0.270 e. The summed E-state index contributed by atoms with van der Waals surface area (Å²) in [4.78, 5) is 25.5. The number of hydrogen-bond acceptors (Lipinski definition) is 3. The first-order valence-corrected chi connectivity index (χ1v) is 6.60.